The van der Waals surface area contributed by atoms with Crippen LogP contribution in [0.3, 0.4) is 0 Å². The van der Waals surface area contributed by atoms with Gasteiger partial charge in [-0.15, -0.1) is 0 Å². The maximum Gasteiger partial charge on any atom is 0.282 e. The normalized spacial score (nSPS) is 17.7. The van der Waals surface area contributed by atoms with Crippen LogP contribution in [0.15, 0.2) is 54.2 Å². The van der Waals surface area contributed by atoms with E-state index in [1.807, 2.05) is 49.3 Å². The van der Waals surface area contributed by atoms with Gasteiger partial charge in [-0.05, 0) is 42.4 Å². The van der Waals surface area contributed by atoms with Gasteiger partial charge in [-0.3, -0.25) is 9.59 Å². The maximum absolute atomic E-state index is 13.7. The molecule has 0 aromatic heterocycles. The molecule has 2 heterocycles. The largest absolute Gasteiger partial charge is 0.378 e. The first-order valence-electron chi connectivity index (χ1n) is 10.5. The molecular weight excluding hydrogens is 412 g/mol. The molecule has 0 N–H and O–H groups in total. The van der Waals surface area contributed by atoms with Crippen molar-refractivity contribution in [1.29, 1.82) is 0 Å². The lowest BCUT2D eigenvalue weighted by molar-refractivity contribution is -0.120. The summed E-state index contributed by atoms with van der Waals surface area (Å²) in [5.74, 6) is -0.563. The molecule has 2 aromatic rings. The average Bonchev–Trinajstić information content (AvgIpc) is 3.04. The summed E-state index contributed by atoms with van der Waals surface area (Å²) in [4.78, 5) is 34.9. The zero-order valence-corrected chi connectivity index (χ0v) is 18.9. The van der Waals surface area contributed by atoms with E-state index in [1.54, 1.807) is 18.2 Å². The zero-order chi connectivity index (χ0) is 22.1. The van der Waals surface area contributed by atoms with E-state index in [9.17, 15) is 9.59 Å². The summed E-state index contributed by atoms with van der Waals surface area (Å²) in [6.45, 7) is 6.28. The number of piperazine rings is 1. The van der Waals surface area contributed by atoms with Crippen molar-refractivity contribution in [1.82, 2.24) is 9.80 Å². The molecule has 2 aliphatic rings. The van der Waals surface area contributed by atoms with Crippen LogP contribution in [0.1, 0.15) is 12.5 Å². The number of imide groups is 1. The summed E-state index contributed by atoms with van der Waals surface area (Å²) >= 11 is 6.07. The minimum absolute atomic E-state index is 0.268. The molecule has 0 saturated carbocycles. The maximum atomic E-state index is 13.7. The number of hydrogen-bond donors (Lipinski definition) is 0. The zero-order valence-electron chi connectivity index (χ0n) is 18.1. The Bertz CT molecular complexity index is 1020. The van der Waals surface area contributed by atoms with Crippen molar-refractivity contribution in [2.24, 2.45) is 0 Å². The highest BCUT2D eigenvalue weighted by atomic mass is 35.5. The van der Waals surface area contributed by atoms with Gasteiger partial charge in [0.15, 0.2) is 0 Å². The molecule has 0 bridgehead atoms. The fourth-order valence-electron chi connectivity index (χ4n) is 4.12. The summed E-state index contributed by atoms with van der Waals surface area (Å²) in [5.41, 5.74) is 3.15. The van der Waals surface area contributed by atoms with Crippen LogP contribution >= 0.6 is 11.6 Å². The van der Waals surface area contributed by atoms with E-state index in [0.717, 1.165) is 25.3 Å². The number of halogens is 1. The van der Waals surface area contributed by atoms with E-state index >= 15 is 0 Å². The molecule has 2 amide bonds. The quantitative estimate of drug-likeness (QED) is 0.670. The van der Waals surface area contributed by atoms with Crippen molar-refractivity contribution < 1.29 is 9.59 Å². The SMILES string of the molecule is CCN1CCN(C2=C(c3ccc(Cl)cc3)C(=O)N(c3cccc(N(C)C)c3)C2=O)CC1. The average molecular weight is 439 g/mol. The highest BCUT2D eigenvalue weighted by Crippen LogP contribution is 2.36. The fourth-order valence-corrected chi connectivity index (χ4v) is 4.25. The number of amides is 2. The lowest BCUT2D eigenvalue weighted by atomic mass is 10.0. The molecule has 2 aromatic carbocycles. The van der Waals surface area contributed by atoms with Crippen molar-refractivity contribution in [2.45, 2.75) is 6.92 Å². The van der Waals surface area contributed by atoms with Gasteiger partial charge >= 0.3 is 0 Å². The summed E-state index contributed by atoms with van der Waals surface area (Å²) < 4.78 is 0. The molecule has 2 aliphatic heterocycles. The van der Waals surface area contributed by atoms with Crippen LogP contribution < -0.4 is 9.80 Å². The number of nitrogens with zero attached hydrogens (tertiary/aromatic N) is 4. The van der Waals surface area contributed by atoms with Gasteiger partial charge in [-0.25, -0.2) is 4.90 Å². The van der Waals surface area contributed by atoms with Crippen LogP contribution in [0.2, 0.25) is 5.02 Å². The topological polar surface area (TPSA) is 47.1 Å². The summed E-state index contributed by atoms with van der Waals surface area (Å²) in [5, 5.41) is 0.592. The third kappa shape index (κ3) is 4.05. The van der Waals surface area contributed by atoms with Crippen molar-refractivity contribution >= 4 is 40.4 Å². The Kier molecular flexibility index (Phi) is 6.03. The first kappa shape index (κ1) is 21.4. The molecule has 1 fully saturated rings. The Balaban J connectivity index is 1.77. The van der Waals surface area contributed by atoms with Gasteiger partial charge in [-0.2, -0.15) is 0 Å². The third-order valence-electron chi connectivity index (χ3n) is 5.93. The van der Waals surface area contributed by atoms with Crippen LogP contribution in [0.25, 0.3) is 5.57 Å². The second kappa shape index (κ2) is 8.73. The van der Waals surface area contributed by atoms with Crippen molar-refractivity contribution in [3.63, 3.8) is 0 Å². The summed E-state index contributed by atoms with van der Waals surface area (Å²) in [7, 11) is 3.87. The fraction of sp³-hybridized carbons (Fsp3) is 0.333. The first-order valence-corrected chi connectivity index (χ1v) is 10.9. The van der Waals surface area contributed by atoms with Crippen LogP contribution in [-0.4, -0.2) is 68.4 Å². The Morgan fingerprint density at radius 3 is 2.23 bits per heavy atom. The molecule has 4 rings (SSSR count). The number of rotatable bonds is 5. The summed E-state index contributed by atoms with van der Waals surface area (Å²) in [6.07, 6.45) is 0. The Labute approximate surface area is 188 Å². The minimum Gasteiger partial charge on any atom is -0.378 e. The van der Waals surface area contributed by atoms with Crippen LogP contribution in [0.4, 0.5) is 11.4 Å². The second-order valence-electron chi connectivity index (χ2n) is 8.01. The van der Waals surface area contributed by atoms with Crippen molar-refractivity contribution in [3.05, 3.63) is 64.8 Å². The van der Waals surface area contributed by atoms with E-state index in [0.29, 0.717) is 40.6 Å². The van der Waals surface area contributed by atoms with Gasteiger partial charge < -0.3 is 14.7 Å². The van der Waals surface area contributed by atoms with E-state index < -0.39 is 0 Å². The van der Waals surface area contributed by atoms with E-state index in [-0.39, 0.29) is 11.8 Å². The molecule has 162 valence electrons. The van der Waals surface area contributed by atoms with Crippen LogP contribution in [0.5, 0.6) is 0 Å². The highest BCUT2D eigenvalue weighted by molar-refractivity contribution is 6.45. The van der Waals surface area contributed by atoms with Gasteiger partial charge in [0.1, 0.15) is 5.70 Å². The predicted octanol–water partition coefficient (Wildman–Crippen LogP) is 3.33. The smallest absolute Gasteiger partial charge is 0.282 e. The monoisotopic (exact) mass is 438 g/mol. The molecule has 7 heteroatoms. The lowest BCUT2D eigenvalue weighted by Crippen LogP contribution is -2.47. The molecular formula is C24H27ClN4O2. The molecule has 0 atom stereocenters. The van der Waals surface area contributed by atoms with E-state index in [2.05, 4.69) is 16.7 Å². The lowest BCUT2D eigenvalue weighted by Gasteiger charge is -2.36. The molecule has 1 saturated heterocycles. The van der Waals surface area contributed by atoms with Gasteiger partial charge in [0.05, 0.1) is 11.3 Å². The Morgan fingerprint density at radius 2 is 1.61 bits per heavy atom. The van der Waals surface area contributed by atoms with E-state index in [4.69, 9.17) is 11.6 Å². The van der Waals surface area contributed by atoms with E-state index in [1.165, 1.54) is 4.90 Å². The molecule has 31 heavy (non-hydrogen) atoms. The number of carbonyl (C=O) groups is 2. The number of benzene rings is 2. The predicted molar refractivity (Wildman–Crippen MR) is 125 cm³/mol. The summed E-state index contributed by atoms with van der Waals surface area (Å²) in [6, 6.07) is 14.6. The Morgan fingerprint density at radius 1 is 0.935 bits per heavy atom. The molecule has 0 unspecified atom stereocenters. The van der Waals surface area contributed by atoms with Gasteiger partial charge in [0.25, 0.3) is 11.8 Å². The minimum atomic E-state index is -0.295. The number of carbonyl (C=O) groups excluding carboxylic acids is 2. The van der Waals surface area contributed by atoms with Gasteiger partial charge in [-0.1, -0.05) is 36.7 Å². The third-order valence-corrected chi connectivity index (χ3v) is 6.18. The standard InChI is InChI=1S/C24H27ClN4O2/c1-4-27-12-14-28(15-13-27)22-21(17-8-10-18(25)11-9-17)23(30)29(24(22)31)20-7-5-6-19(16-20)26(2)3/h5-11,16H,4,12-15H2,1-3H3. The highest BCUT2D eigenvalue weighted by Gasteiger charge is 2.43. The molecule has 0 radical (unpaired) electrons. The number of hydrogen-bond acceptors (Lipinski definition) is 5. The number of anilines is 2. The molecule has 6 nitrogen and oxygen atoms in total. The van der Waals surface area contributed by atoms with Crippen LogP contribution in [-0.2, 0) is 9.59 Å². The number of likely N-dealkylation sites (N-methyl/N-ethyl adjacent to an activating group) is 1. The van der Waals surface area contributed by atoms with Crippen molar-refractivity contribution in [2.75, 3.05) is 56.6 Å². The van der Waals surface area contributed by atoms with Crippen molar-refractivity contribution in [3.8, 4) is 0 Å². The van der Waals surface area contributed by atoms with Gasteiger partial charge in [0.2, 0.25) is 0 Å². The first-order chi connectivity index (χ1) is 14.9. The molecule has 0 aliphatic carbocycles. The molecule has 0 spiro atoms. The Hall–Kier alpha value is -2.83. The van der Waals surface area contributed by atoms with Crippen LogP contribution in [0, 0.1) is 0 Å². The second-order valence-corrected chi connectivity index (χ2v) is 8.45. The van der Waals surface area contributed by atoms with Gasteiger partial charge in [0, 0.05) is 51.0 Å².